The lowest BCUT2D eigenvalue weighted by Crippen LogP contribution is -2.45. The Balaban J connectivity index is 1.76. The third-order valence-corrected chi connectivity index (χ3v) is 5.53. The molecule has 0 saturated carbocycles. The maximum absolute atomic E-state index is 10.7. The predicted molar refractivity (Wildman–Crippen MR) is 111 cm³/mol. The first-order valence-electron chi connectivity index (χ1n) is 9.85. The lowest BCUT2D eigenvalue weighted by Gasteiger charge is -2.39. The summed E-state index contributed by atoms with van der Waals surface area (Å²) in [5.74, 6) is 0.223. The molecule has 3 heterocycles. The van der Waals surface area contributed by atoms with Gasteiger partial charge in [0.25, 0.3) is 6.20 Å². The van der Waals surface area contributed by atoms with Crippen LogP contribution in [0.4, 0.5) is 0 Å². The molecule has 1 aliphatic rings. The van der Waals surface area contributed by atoms with Crippen LogP contribution in [0, 0.1) is 24.0 Å². The lowest BCUT2D eigenvalue weighted by atomic mass is 10.0. The van der Waals surface area contributed by atoms with E-state index in [1.54, 1.807) is 0 Å². The van der Waals surface area contributed by atoms with Gasteiger partial charge in [0.2, 0.25) is 0 Å². The molecule has 0 atom stereocenters. The van der Waals surface area contributed by atoms with Crippen molar-refractivity contribution in [2.75, 3.05) is 13.1 Å². The monoisotopic (exact) mass is 396 g/mol. The summed E-state index contributed by atoms with van der Waals surface area (Å²) in [5, 5.41) is 10.7. The van der Waals surface area contributed by atoms with Gasteiger partial charge >= 0.3 is 0 Å². The molecule has 154 valence electrons. The molecule has 29 heavy (non-hydrogen) atoms. The van der Waals surface area contributed by atoms with E-state index in [1.165, 1.54) is 11.1 Å². The fourth-order valence-corrected chi connectivity index (χ4v) is 3.75. The first kappa shape index (κ1) is 20.7. The molecular formula is C21H28N6O2. The molecule has 1 aliphatic heterocycles. The molecule has 2 N–H and O–H groups in total. The third kappa shape index (κ3) is 5.51. The van der Waals surface area contributed by atoms with Crippen LogP contribution in [0.25, 0.3) is 0 Å². The number of aromatic nitrogens is 2. The van der Waals surface area contributed by atoms with E-state index in [0.717, 1.165) is 43.5 Å². The molecule has 3 rings (SSSR count). The maximum Gasteiger partial charge on any atom is 0.274 e. The molecule has 1 fully saturated rings. The smallest absolute Gasteiger partial charge is 0.274 e. The number of aryl methyl sites for hydroxylation is 2. The summed E-state index contributed by atoms with van der Waals surface area (Å²) in [6.45, 7) is 7.04. The molecule has 0 unspecified atom stereocenters. The van der Waals surface area contributed by atoms with E-state index in [-0.39, 0.29) is 5.82 Å². The van der Waals surface area contributed by atoms with Gasteiger partial charge in [0.15, 0.2) is 5.82 Å². The summed E-state index contributed by atoms with van der Waals surface area (Å²) >= 11 is 0. The second kappa shape index (κ2) is 9.47. The van der Waals surface area contributed by atoms with Crippen LogP contribution in [0.5, 0.6) is 0 Å². The Bertz CT molecular complexity index is 829. The van der Waals surface area contributed by atoms with Crippen LogP contribution in [0.2, 0.25) is 0 Å². The zero-order chi connectivity index (χ0) is 20.8. The predicted octanol–water partition coefficient (Wildman–Crippen LogP) is 2.59. The van der Waals surface area contributed by atoms with E-state index >= 15 is 0 Å². The van der Waals surface area contributed by atoms with Crippen LogP contribution >= 0.6 is 0 Å². The van der Waals surface area contributed by atoms with Crippen molar-refractivity contribution in [2.45, 2.75) is 45.8 Å². The normalized spacial score (nSPS) is 15.7. The van der Waals surface area contributed by atoms with E-state index in [2.05, 4.69) is 40.8 Å². The highest BCUT2D eigenvalue weighted by atomic mass is 16.6. The zero-order valence-electron chi connectivity index (χ0n) is 17.0. The largest absolute Gasteiger partial charge is 0.380 e. The van der Waals surface area contributed by atoms with Gasteiger partial charge in [-0.3, -0.25) is 25.0 Å². The Morgan fingerprint density at radius 3 is 2.14 bits per heavy atom. The molecule has 8 heteroatoms. The molecule has 0 bridgehead atoms. The van der Waals surface area contributed by atoms with E-state index in [1.807, 2.05) is 29.4 Å². The summed E-state index contributed by atoms with van der Waals surface area (Å²) in [6.07, 6.45) is 6.30. The van der Waals surface area contributed by atoms with Gasteiger partial charge in [-0.2, -0.15) is 0 Å². The van der Waals surface area contributed by atoms with Crippen molar-refractivity contribution in [1.82, 2.24) is 19.8 Å². The zero-order valence-corrected chi connectivity index (χ0v) is 17.0. The number of likely N-dealkylation sites (tertiary alicyclic amines) is 1. The highest BCUT2D eigenvalue weighted by Gasteiger charge is 2.27. The van der Waals surface area contributed by atoms with E-state index in [9.17, 15) is 10.1 Å². The second-order valence-electron chi connectivity index (χ2n) is 7.50. The van der Waals surface area contributed by atoms with Gasteiger partial charge in [-0.15, -0.1) is 0 Å². The van der Waals surface area contributed by atoms with Crippen LogP contribution in [-0.2, 0) is 13.1 Å². The van der Waals surface area contributed by atoms with Crippen molar-refractivity contribution in [3.05, 3.63) is 81.3 Å². The Hall–Kier alpha value is -3.00. The Morgan fingerprint density at radius 2 is 1.69 bits per heavy atom. The van der Waals surface area contributed by atoms with Crippen LogP contribution in [0.15, 0.2) is 48.7 Å². The third-order valence-electron chi connectivity index (χ3n) is 5.53. The summed E-state index contributed by atoms with van der Waals surface area (Å²) in [6, 6.07) is 8.40. The molecule has 0 radical (unpaired) electrons. The molecule has 0 aromatic carbocycles. The summed E-state index contributed by atoms with van der Waals surface area (Å²) in [5.41, 5.74) is 10.3. The topological polar surface area (TPSA) is 101 Å². The molecule has 0 aliphatic carbocycles. The van der Waals surface area contributed by atoms with E-state index < -0.39 is 4.92 Å². The van der Waals surface area contributed by atoms with Gasteiger partial charge in [0.1, 0.15) is 0 Å². The number of hydrogen-bond acceptors (Lipinski definition) is 7. The first-order chi connectivity index (χ1) is 13.9. The standard InChI is InChI=1S/C21H28N6O2/c1-16-5-3-9-23-19(16)13-26(14-20-17(2)6-4-10-24-20)18-7-11-25(12-8-18)21(22)15-27(28)29/h3-6,9-10,15,18H,7-8,11-14,22H2,1-2H3/b21-15+. The number of nitrogens with zero attached hydrogens (tertiary/aromatic N) is 5. The summed E-state index contributed by atoms with van der Waals surface area (Å²) in [7, 11) is 0. The average molecular weight is 396 g/mol. The lowest BCUT2D eigenvalue weighted by molar-refractivity contribution is -0.404. The highest BCUT2D eigenvalue weighted by Crippen LogP contribution is 2.23. The number of pyridine rings is 2. The number of hydrogen-bond donors (Lipinski definition) is 1. The molecular weight excluding hydrogens is 368 g/mol. The van der Waals surface area contributed by atoms with Gasteiger partial charge in [0.05, 0.1) is 16.3 Å². The fourth-order valence-electron chi connectivity index (χ4n) is 3.75. The molecule has 8 nitrogen and oxygen atoms in total. The van der Waals surface area contributed by atoms with Gasteiger partial charge in [-0.05, 0) is 49.9 Å². The van der Waals surface area contributed by atoms with Gasteiger partial charge in [-0.1, -0.05) is 12.1 Å². The van der Waals surface area contributed by atoms with Crippen molar-refractivity contribution in [3.8, 4) is 0 Å². The summed E-state index contributed by atoms with van der Waals surface area (Å²) in [4.78, 5) is 23.7. The Morgan fingerprint density at radius 1 is 1.17 bits per heavy atom. The number of nitro groups is 1. The Labute approximate surface area is 171 Å². The minimum absolute atomic E-state index is 0.223. The fraction of sp³-hybridized carbons (Fsp3) is 0.429. The Kier molecular flexibility index (Phi) is 6.77. The second-order valence-corrected chi connectivity index (χ2v) is 7.50. The van der Waals surface area contributed by atoms with Crippen LogP contribution < -0.4 is 5.73 Å². The average Bonchev–Trinajstić information content (AvgIpc) is 2.70. The highest BCUT2D eigenvalue weighted by molar-refractivity contribution is 5.20. The van der Waals surface area contributed by atoms with Crippen LogP contribution in [0.1, 0.15) is 35.4 Å². The molecule has 2 aromatic rings. The molecule has 1 saturated heterocycles. The molecule has 0 amide bonds. The first-order valence-corrected chi connectivity index (χ1v) is 9.85. The molecule has 2 aromatic heterocycles. The van der Waals surface area contributed by atoms with Gasteiger partial charge < -0.3 is 10.6 Å². The van der Waals surface area contributed by atoms with Gasteiger partial charge in [0, 0.05) is 44.6 Å². The number of rotatable bonds is 7. The van der Waals surface area contributed by atoms with E-state index in [0.29, 0.717) is 19.1 Å². The quantitative estimate of drug-likeness (QED) is 0.567. The van der Waals surface area contributed by atoms with Crippen LogP contribution in [0.3, 0.4) is 0 Å². The molecule has 0 spiro atoms. The van der Waals surface area contributed by atoms with Crippen molar-refractivity contribution >= 4 is 0 Å². The van der Waals surface area contributed by atoms with Crippen molar-refractivity contribution in [1.29, 1.82) is 0 Å². The van der Waals surface area contributed by atoms with Gasteiger partial charge in [-0.25, -0.2) is 0 Å². The van der Waals surface area contributed by atoms with Crippen molar-refractivity contribution < 1.29 is 4.92 Å². The van der Waals surface area contributed by atoms with Crippen molar-refractivity contribution in [3.63, 3.8) is 0 Å². The minimum Gasteiger partial charge on any atom is -0.380 e. The van der Waals surface area contributed by atoms with E-state index in [4.69, 9.17) is 5.73 Å². The maximum atomic E-state index is 10.7. The SMILES string of the molecule is Cc1cccnc1CN(Cc1ncccc1C)C1CCN(/C(N)=C/[N+](=O)[O-])CC1. The number of piperidine rings is 1. The van der Waals surface area contributed by atoms with Crippen molar-refractivity contribution in [2.24, 2.45) is 5.73 Å². The van der Waals surface area contributed by atoms with Crippen LogP contribution in [-0.4, -0.2) is 43.8 Å². The minimum atomic E-state index is -0.499. The number of nitrogens with two attached hydrogens (primary N) is 1. The summed E-state index contributed by atoms with van der Waals surface area (Å²) < 4.78 is 0.